The first-order chi connectivity index (χ1) is 29.3. The first-order valence-corrected chi connectivity index (χ1v) is 22.8. The molecule has 0 aromatic heterocycles. The van der Waals surface area contributed by atoms with Gasteiger partial charge in [0, 0.05) is 0 Å². The Bertz CT molecular complexity index is 2140. The molecule has 0 atom stereocenters. The zero-order valence-corrected chi connectivity index (χ0v) is 35.8. The molecule has 0 bridgehead atoms. The topological polar surface area (TPSA) is 80.9 Å². The van der Waals surface area contributed by atoms with E-state index in [2.05, 4.69) is 74.5 Å². The molecule has 0 fully saturated rings. The van der Waals surface area contributed by atoms with Crippen LogP contribution in [0.3, 0.4) is 0 Å². The molecular weight excluding hydrogens is 737 g/mol. The molecule has 1 aliphatic rings. The normalized spacial score (nSPS) is 13.8. The summed E-state index contributed by atoms with van der Waals surface area (Å²) in [7, 11) is 0. The van der Waals surface area contributed by atoms with Crippen LogP contribution in [-0.4, -0.2) is 20.4 Å². The lowest BCUT2D eigenvalue weighted by molar-refractivity contribution is 0.471. The number of phenolic OH excluding ortho intramolecular Hbond substituents is 4. The molecule has 1 aliphatic carbocycles. The number of benzene rings is 6. The molecule has 4 nitrogen and oxygen atoms in total. The zero-order chi connectivity index (χ0) is 42.0. The molecule has 0 saturated heterocycles. The molecule has 0 aliphatic heterocycles. The molecule has 7 rings (SSSR count). The third-order valence-corrected chi connectivity index (χ3v) is 13.2. The van der Waals surface area contributed by atoms with Crippen molar-refractivity contribution in [2.45, 2.75) is 127 Å². The van der Waals surface area contributed by atoms with Gasteiger partial charge in [0.25, 0.3) is 0 Å². The summed E-state index contributed by atoms with van der Waals surface area (Å²) < 4.78 is 0. The summed E-state index contributed by atoms with van der Waals surface area (Å²) in [6, 6.07) is 44.9. The van der Waals surface area contributed by atoms with Gasteiger partial charge < -0.3 is 20.4 Å². The van der Waals surface area contributed by atoms with Gasteiger partial charge in [0.15, 0.2) is 0 Å². The number of aryl methyl sites for hydroxylation is 2. The minimum Gasteiger partial charge on any atom is -0.508 e. The number of rotatable bonds is 20. The van der Waals surface area contributed by atoms with Crippen molar-refractivity contribution >= 4 is 0 Å². The van der Waals surface area contributed by atoms with Crippen molar-refractivity contribution in [3.8, 4) is 23.0 Å². The van der Waals surface area contributed by atoms with Gasteiger partial charge in [-0.05, 0) is 130 Å². The fraction of sp³-hybridized carbons (Fsp3) is 0.357. The van der Waals surface area contributed by atoms with Crippen LogP contribution in [0, 0.1) is 0 Å². The maximum atomic E-state index is 11.2. The molecule has 4 heteroatoms. The molecule has 4 N–H and O–H groups in total. The van der Waals surface area contributed by atoms with E-state index in [1.165, 1.54) is 64.2 Å². The molecule has 6 aromatic rings. The molecule has 0 spiro atoms. The summed E-state index contributed by atoms with van der Waals surface area (Å²) in [5, 5.41) is 43.8. The molecular formula is C56H64O4. The van der Waals surface area contributed by atoms with Crippen molar-refractivity contribution in [3.05, 3.63) is 189 Å². The second kappa shape index (κ2) is 19.7. The van der Waals surface area contributed by atoms with Crippen LogP contribution in [0.1, 0.15) is 159 Å². The second-order valence-electron chi connectivity index (χ2n) is 17.1. The van der Waals surface area contributed by atoms with E-state index in [4.69, 9.17) is 0 Å². The standard InChI is InChI=1S/C56H64O4/c1-3-5-7-9-11-13-15-21-41-39-47(59)35-37-49(41)56(50-38-36-48(60)40-42(50)22-16-14-12-10-8-6-4-2)53-25-19-17-23-51(53)55(43-27-31-45(57)32-28-43,44-29-33-46(58)34-30-44)52-24-18-20-26-54(52)56/h17-20,23-40,57-60H,3-16,21-22H2,1-2H3. The predicted octanol–water partition coefficient (Wildman–Crippen LogP) is 14.2. The van der Waals surface area contributed by atoms with Crippen LogP contribution in [-0.2, 0) is 23.7 Å². The van der Waals surface area contributed by atoms with Gasteiger partial charge >= 0.3 is 0 Å². The number of fused-ring (bicyclic) bond motifs is 2. The van der Waals surface area contributed by atoms with Crippen LogP contribution in [0.4, 0.5) is 0 Å². The van der Waals surface area contributed by atoms with Gasteiger partial charge in [-0.25, -0.2) is 0 Å². The van der Waals surface area contributed by atoms with Crippen molar-refractivity contribution in [1.29, 1.82) is 0 Å². The SMILES string of the molecule is CCCCCCCCCc1cc(O)ccc1C1(c2ccc(O)cc2CCCCCCCCC)c2ccccc2C(c2ccc(O)cc2)(c2ccc(O)cc2)c2ccccc21. The summed E-state index contributed by atoms with van der Waals surface area (Å²) in [5.41, 5.74) is 9.34. The van der Waals surface area contributed by atoms with Crippen molar-refractivity contribution in [2.24, 2.45) is 0 Å². The van der Waals surface area contributed by atoms with Crippen molar-refractivity contribution < 1.29 is 20.4 Å². The average molecular weight is 801 g/mol. The maximum Gasteiger partial charge on any atom is 0.115 e. The highest BCUT2D eigenvalue weighted by Crippen LogP contribution is 2.61. The zero-order valence-electron chi connectivity index (χ0n) is 35.8. The van der Waals surface area contributed by atoms with E-state index >= 15 is 0 Å². The molecule has 0 heterocycles. The molecule has 0 radical (unpaired) electrons. The Kier molecular flexibility index (Phi) is 14.0. The highest BCUT2D eigenvalue weighted by Gasteiger charge is 2.54. The van der Waals surface area contributed by atoms with Gasteiger partial charge in [0.2, 0.25) is 0 Å². The Morgan fingerprint density at radius 3 is 1.00 bits per heavy atom. The van der Waals surface area contributed by atoms with Crippen molar-refractivity contribution in [1.82, 2.24) is 0 Å². The van der Waals surface area contributed by atoms with Gasteiger partial charge in [-0.1, -0.05) is 176 Å². The lowest BCUT2D eigenvalue weighted by Gasteiger charge is -2.51. The fourth-order valence-electron chi connectivity index (χ4n) is 10.4. The predicted molar refractivity (Wildman–Crippen MR) is 247 cm³/mol. The van der Waals surface area contributed by atoms with E-state index < -0.39 is 10.8 Å². The Morgan fingerprint density at radius 1 is 0.317 bits per heavy atom. The first-order valence-electron chi connectivity index (χ1n) is 22.8. The minimum absolute atomic E-state index is 0.199. The Morgan fingerprint density at radius 2 is 0.633 bits per heavy atom. The van der Waals surface area contributed by atoms with Crippen LogP contribution in [0.25, 0.3) is 0 Å². The van der Waals surface area contributed by atoms with Crippen LogP contribution in [0.2, 0.25) is 0 Å². The second-order valence-corrected chi connectivity index (χ2v) is 17.1. The minimum atomic E-state index is -0.834. The fourth-order valence-corrected chi connectivity index (χ4v) is 10.4. The van der Waals surface area contributed by atoms with Gasteiger partial charge in [0.05, 0.1) is 10.8 Å². The summed E-state index contributed by atoms with van der Waals surface area (Å²) >= 11 is 0. The van der Waals surface area contributed by atoms with E-state index in [1.54, 1.807) is 24.3 Å². The summed E-state index contributed by atoms with van der Waals surface area (Å²) in [6.45, 7) is 4.52. The van der Waals surface area contributed by atoms with Gasteiger partial charge in [0.1, 0.15) is 23.0 Å². The molecule has 60 heavy (non-hydrogen) atoms. The number of phenols is 4. The summed E-state index contributed by atoms with van der Waals surface area (Å²) in [6.07, 6.45) is 18.4. The van der Waals surface area contributed by atoms with Crippen molar-refractivity contribution in [3.63, 3.8) is 0 Å². The third-order valence-electron chi connectivity index (χ3n) is 13.2. The quantitative estimate of drug-likeness (QED) is 0.0579. The highest BCUT2D eigenvalue weighted by molar-refractivity contribution is 5.77. The van der Waals surface area contributed by atoms with E-state index in [0.717, 1.165) is 94.2 Å². The third kappa shape index (κ3) is 8.44. The Labute approximate surface area is 358 Å². The van der Waals surface area contributed by atoms with E-state index in [-0.39, 0.29) is 23.0 Å². The first kappa shape index (κ1) is 42.6. The Balaban J connectivity index is 1.51. The maximum absolute atomic E-state index is 11.2. The van der Waals surface area contributed by atoms with Gasteiger partial charge in [-0.3, -0.25) is 0 Å². The lowest BCUT2D eigenvalue weighted by Crippen LogP contribution is -2.46. The number of aromatic hydroxyl groups is 4. The smallest absolute Gasteiger partial charge is 0.115 e. The van der Waals surface area contributed by atoms with Gasteiger partial charge in [-0.15, -0.1) is 0 Å². The molecule has 312 valence electrons. The Hall–Kier alpha value is -5.48. The molecule has 0 amide bonds. The highest BCUT2D eigenvalue weighted by atomic mass is 16.3. The monoisotopic (exact) mass is 800 g/mol. The average Bonchev–Trinajstić information content (AvgIpc) is 3.26. The van der Waals surface area contributed by atoms with Crippen LogP contribution in [0.15, 0.2) is 133 Å². The summed E-state index contributed by atoms with van der Waals surface area (Å²) in [5.74, 6) is 0.926. The van der Waals surface area contributed by atoms with E-state index in [1.807, 2.05) is 48.5 Å². The molecule has 0 saturated carbocycles. The largest absolute Gasteiger partial charge is 0.508 e. The lowest BCUT2D eigenvalue weighted by atomic mass is 9.49. The molecule has 0 unspecified atom stereocenters. The number of hydrogen-bond acceptors (Lipinski definition) is 4. The van der Waals surface area contributed by atoms with E-state index in [9.17, 15) is 20.4 Å². The summed E-state index contributed by atoms with van der Waals surface area (Å²) in [4.78, 5) is 0. The number of hydrogen-bond donors (Lipinski definition) is 4. The van der Waals surface area contributed by atoms with Crippen LogP contribution in [0.5, 0.6) is 23.0 Å². The van der Waals surface area contributed by atoms with Gasteiger partial charge in [-0.2, -0.15) is 0 Å². The van der Waals surface area contributed by atoms with Crippen molar-refractivity contribution in [2.75, 3.05) is 0 Å². The van der Waals surface area contributed by atoms with E-state index in [0.29, 0.717) is 0 Å². The van der Waals surface area contributed by atoms with Crippen LogP contribution >= 0.6 is 0 Å². The molecule has 6 aromatic carbocycles. The number of unbranched alkanes of at least 4 members (excludes halogenated alkanes) is 12. The van der Waals surface area contributed by atoms with Crippen LogP contribution < -0.4 is 0 Å².